The molecule has 15 heavy (non-hydrogen) atoms. The summed E-state index contributed by atoms with van der Waals surface area (Å²) >= 11 is 0. The highest BCUT2D eigenvalue weighted by Gasteiger charge is 2.23. The third kappa shape index (κ3) is 5.47. The second-order valence-electron chi connectivity index (χ2n) is 3.93. The van der Waals surface area contributed by atoms with Gasteiger partial charge in [0.1, 0.15) is 0 Å². The highest BCUT2D eigenvalue weighted by molar-refractivity contribution is 4.80. The SMILES string of the molecule is COCCOCCNC1CCC(OC)C1. The van der Waals surface area contributed by atoms with Gasteiger partial charge in [-0.05, 0) is 19.3 Å². The minimum atomic E-state index is 0.455. The number of hydrogen-bond donors (Lipinski definition) is 1. The molecule has 2 unspecified atom stereocenters. The average molecular weight is 217 g/mol. The van der Waals surface area contributed by atoms with E-state index < -0.39 is 0 Å². The maximum Gasteiger partial charge on any atom is 0.0700 e. The van der Waals surface area contributed by atoms with E-state index in [1.807, 2.05) is 0 Å². The lowest BCUT2D eigenvalue weighted by molar-refractivity contribution is 0.0704. The average Bonchev–Trinajstić information content (AvgIpc) is 2.71. The number of methoxy groups -OCH3 is 2. The predicted molar refractivity (Wildman–Crippen MR) is 59.1 cm³/mol. The van der Waals surface area contributed by atoms with E-state index in [1.54, 1.807) is 14.2 Å². The van der Waals surface area contributed by atoms with E-state index in [2.05, 4.69) is 5.32 Å². The summed E-state index contributed by atoms with van der Waals surface area (Å²) in [5.41, 5.74) is 0. The van der Waals surface area contributed by atoms with Gasteiger partial charge in [0, 0.05) is 26.8 Å². The van der Waals surface area contributed by atoms with Crippen molar-refractivity contribution in [2.24, 2.45) is 0 Å². The maximum atomic E-state index is 5.37. The summed E-state index contributed by atoms with van der Waals surface area (Å²) < 4.78 is 15.6. The van der Waals surface area contributed by atoms with Gasteiger partial charge in [-0.2, -0.15) is 0 Å². The quantitative estimate of drug-likeness (QED) is 0.611. The monoisotopic (exact) mass is 217 g/mol. The Morgan fingerprint density at radius 3 is 2.67 bits per heavy atom. The van der Waals surface area contributed by atoms with Crippen LogP contribution in [0.2, 0.25) is 0 Å². The molecule has 0 aromatic carbocycles. The van der Waals surface area contributed by atoms with E-state index in [0.29, 0.717) is 25.4 Å². The van der Waals surface area contributed by atoms with Crippen LogP contribution < -0.4 is 5.32 Å². The second kappa shape index (κ2) is 8.05. The van der Waals surface area contributed by atoms with E-state index in [0.717, 1.165) is 19.6 Å². The van der Waals surface area contributed by atoms with Crippen molar-refractivity contribution >= 4 is 0 Å². The summed E-state index contributed by atoms with van der Waals surface area (Å²) in [6.07, 6.45) is 3.99. The molecule has 1 fully saturated rings. The molecule has 1 N–H and O–H groups in total. The topological polar surface area (TPSA) is 39.7 Å². The molecular formula is C11H23NO3. The Balaban J connectivity index is 1.88. The first-order valence-electron chi connectivity index (χ1n) is 5.69. The smallest absolute Gasteiger partial charge is 0.0700 e. The van der Waals surface area contributed by atoms with Crippen molar-refractivity contribution in [1.82, 2.24) is 5.32 Å². The zero-order valence-electron chi connectivity index (χ0n) is 9.83. The van der Waals surface area contributed by atoms with Crippen LogP contribution in [-0.2, 0) is 14.2 Å². The van der Waals surface area contributed by atoms with Crippen molar-refractivity contribution in [3.05, 3.63) is 0 Å². The Labute approximate surface area is 92.3 Å². The predicted octanol–water partition coefficient (Wildman–Crippen LogP) is 0.806. The normalized spacial score (nSPS) is 26.0. The molecule has 2 atom stereocenters. The van der Waals surface area contributed by atoms with Gasteiger partial charge < -0.3 is 19.5 Å². The van der Waals surface area contributed by atoms with Crippen molar-refractivity contribution in [3.63, 3.8) is 0 Å². The Kier molecular flexibility index (Phi) is 6.92. The molecule has 0 saturated heterocycles. The Bertz CT molecular complexity index is 155. The molecule has 90 valence electrons. The fourth-order valence-corrected chi connectivity index (χ4v) is 1.92. The highest BCUT2D eigenvalue weighted by atomic mass is 16.5. The highest BCUT2D eigenvalue weighted by Crippen LogP contribution is 2.20. The summed E-state index contributed by atoms with van der Waals surface area (Å²) in [5.74, 6) is 0. The van der Waals surface area contributed by atoms with Crippen molar-refractivity contribution in [2.45, 2.75) is 31.4 Å². The summed E-state index contributed by atoms with van der Waals surface area (Å²) in [7, 11) is 3.48. The third-order valence-electron chi connectivity index (χ3n) is 2.83. The molecule has 0 amide bonds. The summed E-state index contributed by atoms with van der Waals surface area (Å²) in [6.45, 7) is 3.04. The molecule has 0 radical (unpaired) electrons. The standard InChI is InChI=1S/C11H23NO3/c1-13-7-8-15-6-5-12-10-3-4-11(9-10)14-2/h10-12H,3-9H2,1-2H3. The molecule has 0 aliphatic heterocycles. The van der Waals surface area contributed by atoms with Crippen LogP contribution in [0.5, 0.6) is 0 Å². The molecule has 0 aromatic rings. The zero-order chi connectivity index (χ0) is 10.9. The molecule has 0 heterocycles. The molecular weight excluding hydrogens is 194 g/mol. The van der Waals surface area contributed by atoms with Crippen LogP contribution in [0.3, 0.4) is 0 Å². The van der Waals surface area contributed by atoms with Crippen molar-refractivity contribution in [2.75, 3.05) is 40.6 Å². The Morgan fingerprint density at radius 2 is 2.00 bits per heavy atom. The number of ether oxygens (including phenoxy) is 3. The minimum Gasteiger partial charge on any atom is -0.382 e. The maximum absolute atomic E-state index is 5.37. The van der Waals surface area contributed by atoms with E-state index in [-0.39, 0.29) is 0 Å². The fourth-order valence-electron chi connectivity index (χ4n) is 1.92. The summed E-state index contributed by atoms with van der Waals surface area (Å²) in [5, 5.41) is 3.48. The molecule has 1 saturated carbocycles. The van der Waals surface area contributed by atoms with Gasteiger partial charge in [-0.1, -0.05) is 0 Å². The van der Waals surface area contributed by atoms with E-state index in [4.69, 9.17) is 14.2 Å². The van der Waals surface area contributed by atoms with Crippen LogP contribution in [0.4, 0.5) is 0 Å². The lowest BCUT2D eigenvalue weighted by atomic mass is 10.2. The molecule has 1 aliphatic carbocycles. The molecule has 0 bridgehead atoms. The number of hydrogen-bond acceptors (Lipinski definition) is 4. The van der Waals surface area contributed by atoms with E-state index in [9.17, 15) is 0 Å². The molecule has 0 spiro atoms. The summed E-state index contributed by atoms with van der Waals surface area (Å²) in [6, 6.07) is 0.612. The third-order valence-corrected chi connectivity index (χ3v) is 2.83. The van der Waals surface area contributed by atoms with Crippen LogP contribution >= 0.6 is 0 Å². The number of rotatable bonds is 8. The van der Waals surface area contributed by atoms with Crippen LogP contribution in [0.25, 0.3) is 0 Å². The van der Waals surface area contributed by atoms with Crippen molar-refractivity contribution in [1.29, 1.82) is 0 Å². The fraction of sp³-hybridized carbons (Fsp3) is 1.00. The van der Waals surface area contributed by atoms with Gasteiger partial charge in [0.2, 0.25) is 0 Å². The van der Waals surface area contributed by atoms with Crippen LogP contribution in [-0.4, -0.2) is 52.7 Å². The lowest BCUT2D eigenvalue weighted by Gasteiger charge is -2.12. The van der Waals surface area contributed by atoms with Gasteiger partial charge in [-0.25, -0.2) is 0 Å². The van der Waals surface area contributed by atoms with Crippen molar-refractivity contribution < 1.29 is 14.2 Å². The minimum absolute atomic E-state index is 0.455. The molecule has 0 aromatic heterocycles. The Morgan fingerprint density at radius 1 is 1.13 bits per heavy atom. The van der Waals surface area contributed by atoms with Gasteiger partial charge in [0.15, 0.2) is 0 Å². The second-order valence-corrected chi connectivity index (χ2v) is 3.93. The zero-order valence-corrected chi connectivity index (χ0v) is 9.83. The first-order valence-corrected chi connectivity index (χ1v) is 5.69. The first kappa shape index (κ1) is 12.9. The van der Waals surface area contributed by atoms with Gasteiger partial charge in [-0.3, -0.25) is 0 Å². The van der Waals surface area contributed by atoms with Gasteiger partial charge in [-0.15, -0.1) is 0 Å². The van der Waals surface area contributed by atoms with Crippen LogP contribution in [0, 0.1) is 0 Å². The van der Waals surface area contributed by atoms with Gasteiger partial charge >= 0.3 is 0 Å². The van der Waals surface area contributed by atoms with Crippen molar-refractivity contribution in [3.8, 4) is 0 Å². The molecule has 1 rings (SSSR count). The molecule has 4 heteroatoms. The number of nitrogens with one attached hydrogen (secondary N) is 1. The van der Waals surface area contributed by atoms with Crippen LogP contribution in [0.15, 0.2) is 0 Å². The lowest BCUT2D eigenvalue weighted by Crippen LogP contribution is -2.30. The van der Waals surface area contributed by atoms with Crippen LogP contribution in [0.1, 0.15) is 19.3 Å². The van der Waals surface area contributed by atoms with Gasteiger partial charge in [0.05, 0.1) is 25.9 Å². The Hall–Kier alpha value is -0.160. The molecule has 1 aliphatic rings. The first-order chi connectivity index (χ1) is 7.36. The summed E-state index contributed by atoms with van der Waals surface area (Å²) in [4.78, 5) is 0. The van der Waals surface area contributed by atoms with Gasteiger partial charge in [0.25, 0.3) is 0 Å². The molecule has 4 nitrogen and oxygen atoms in total. The van der Waals surface area contributed by atoms with E-state index >= 15 is 0 Å². The van der Waals surface area contributed by atoms with E-state index in [1.165, 1.54) is 12.8 Å². The largest absolute Gasteiger partial charge is 0.382 e.